The lowest BCUT2D eigenvalue weighted by Gasteiger charge is -2.17. The summed E-state index contributed by atoms with van der Waals surface area (Å²) in [5, 5.41) is 13.2. The van der Waals surface area contributed by atoms with Crippen LogP contribution in [0, 0.1) is 10.1 Å². The number of halogens is 3. The number of ether oxygens (including phenoxy) is 1. The molecule has 11 heteroatoms. The molecule has 0 bridgehead atoms. The zero-order valence-electron chi connectivity index (χ0n) is 19.1. The molecular weight excluding hydrogens is 537 g/mol. The number of thioether (sulfide) groups is 1. The zero-order valence-corrected chi connectivity index (χ0v) is 20.8. The number of nitro groups is 1. The number of nitrogens with zero attached hydrogens (tertiary/aromatic N) is 2. The summed E-state index contributed by atoms with van der Waals surface area (Å²) in [6.45, 7) is 0. The molecule has 0 radical (unpaired) electrons. The van der Waals surface area contributed by atoms with Gasteiger partial charge in [-0.1, -0.05) is 72.5 Å². The van der Waals surface area contributed by atoms with Crippen molar-refractivity contribution >= 4 is 62.4 Å². The number of carbonyl (C=O) groups is 1. The molecule has 0 unspecified atom stereocenters. The Morgan fingerprint density at radius 2 is 1.71 bits per heavy atom. The standard InChI is InChI=1S/C27H15F3N2O4S2/c28-27(29,30)18-11-12-23(22(15-18)32(34)35)36-19-8-3-5-16(13-19)14-24-25(33)31(26(37)38-24)21-10-4-7-17-6-1-2-9-20(17)21/h1-15H/b24-14-. The first-order valence-corrected chi connectivity index (χ1v) is 12.2. The number of alkyl halides is 3. The number of nitro benzene ring substituents is 1. The van der Waals surface area contributed by atoms with E-state index in [0.717, 1.165) is 28.6 Å². The van der Waals surface area contributed by atoms with E-state index in [1.54, 1.807) is 18.2 Å². The van der Waals surface area contributed by atoms with E-state index in [2.05, 4.69) is 0 Å². The van der Waals surface area contributed by atoms with Crippen molar-refractivity contribution in [1.82, 2.24) is 0 Å². The second-order valence-electron chi connectivity index (χ2n) is 8.13. The van der Waals surface area contributed by atoms with Gasteiger partial charge in [-0.05, 0) is 47.4 Å². The summed E-state index contributed by atoms with van der Waals surface area (Å²) in [6.07, 6.45) is -3.13. The highest BCUT2D eigenvalue weighted by molar-refractivity contribution is 8.27. The number of amides is 1. The van der Waals surface area contributed by atoms with E-state index in [1.165, 1.54) is 17.0 Å². The van der Waals surface area contributed by atoms with Gasteiger partial charge in [-0.2, -0.15) is 13.2 Å². The van der Waals surface area contributed by atoms with E-state index < -0.39 is 22.4 Å². The Morgan fingerprint density at radius 3 is 2.47 bits per heavy atom. The van der Waals surface area contributed by atoms with Crippen molar-refractivity contribution in [3.8, 4) is 11.5 Å². The summed E-state index contributed by atoms with van der Waals surface area (Å²) >= 11 is 6.63. The lowest BCUT2D eigenvalue weighted by Crippen LogP contribution is -2.27. The monoisotopic (exact) mass is 552 g/mol. The van der Waals surface area contributed by atoms with Crippen LogP contribution in [0.4, 0.5) is 24.5 Å². The average Bonchev–Trinajstić information content (AvgIpc) is 3.15. The Kier molecular flexibility index (Phi) is 6.64. The van der Waals surface area contributed by atoms with Crippen molar-refractivity contribution in [1.29, 1.82) is 0 Å². The largest absolute Gasteiger partial charge is 0.450 e. The molecule has 0 saturated carbocycles. The maximum Gasteiger partial charge on any atom is 0.416 e. The van der Waals surface area contributed by atoms with Crippen LogP contribution in [0.2, 0.25) is 0 Å². The molecule has 1 aliphatic rings. The molecule has 4 aromatic rings. The van der Waals surface area contributed by atoms with Crippen LogP contribution in [0.3, 0.4) is 0 Å². The summed E-state index contributed by atoms with van der Waals surface area (Å²) in [5.74, 6) is -0.505. The van der Waals surface area contributed by atoms with Crippen LogP contribution in [-0.2, 0) is 11.0 Å². The molecule has 190 valence electrons. The van der Waals surface area contributed by atoms with Gasteiger partial charge in [0.2, 0.25) is 5.75 Å². The predicted octanol–water partition coefficient (Wildman–Crippen LogP) is 7.96. The first-order chi connectivity index (χ1) is 18.1. The van der Waals surface area contributed by atoms with Gasteiger partial charge >= 0.3 is 11.9 Å². The van der Waals surface area contributed by atoms with E-state index in [-0.39, 0.29) is 17.4 Å². The lowest BCUT2D eigenvalue weighted by molar-refractivity contribution is -0.385. The number of benzene rings is 4. The molecule has 0 spiro atoms. The molecule has 6 nitrogen and oxygen atoms in total. The Morgan fingerprint density at radius 1 is 0.974 bits per heavy atom. The number of thiocarbonyl (C=S) groups is 1. The zero-order chi connectivity index (χ0) is 27.0. The quantitative estimate of drug-likeness (QED) is 0.108. The number of hydrogen-bond donors (Lipinski definition) is 0. The minimum atomic E-state index is -4.73. The van der Waals surface area contributed by atoms with E-state index in [1.807, 2.05) is 42.5 Å². The lowest BCUT2D eigenvalue weighted by atomic mass is 10.1. The fourth-order valence-corrected chi connectivity index (χ4v) is 5.23. The Hall–Kier alpha value is -4.22. The van der Waals surface area contributed by atoms with Crippen molar-refractivity contribution < 1.29 is 27.6 Å². The van der Waals surface area contributed by atoms with Gasteiger partial charge in [-0.15, -0.1) is 0 Å². The fourth-order valence-electron chi connectivity index (χ4n) is 3.95. The predicted molar refractivity (Wildman–Crippen MR) is 144 cm³/mol. The maximum atomic E-state index is 13.3. The van der Waals surface area contributed by atoms with E-state index in [9.17, 15) is 28.1 Å². The van der Waals surface area contributed by atoms with E-state index >= 15 is 0 Å². The molecular formula is C27H15F3N2O4S2. The molecule has 0 N–H and O–H groups in total. The number of fused-ring (bicyclic) bond motifs is 1. The van der Waals surface area contributed by atoms with Crippen molar-refractivity contribution in [3.63, 3.8) is 0 Å². The Balaban J connectivity index is 1.43. The van der Waals surface area contributed by atoms with Crippen LogP contribution in [0.1, 0.15) is 11.1 Å². The summed E-state index contributed by atoms with van der Waals surface area (Å²) in [5.41, 5.74) is -0.768. The van der Waals surface area contributed by atoms with E-state index in [4.69, 9.17) is 17.0 Å². The molecule has 1 fully saturated rings. The fraction of sp³-hybridized carbons (Fsp3) is 0.0370. The van der Waals surface area contributed by atoms with Crippen LogP contribution in [-0.4, -0.2) is 15.2 Å². The normalized spacial score (nSPS) is 14.9. The SMILES string of the molecule is O=C1/C(=C/c2cccc(Oc3ccc(C(F)(F)F)cc3[N+](=O)[O-])c2)SC(=S)N1c1cccc2ccccc12. The first-order valence-electron chi connectivity index (χ1n) is 11.0. The highest BCUT2D eigenvalue weighted by atomic mass is 32.2. The van der Waals surface area contributed by atoms with Gasteiger partial charge in [0.25, 0.3) is 5.91 Å². The molecule has 0 aromatic heterocycles. The van der Waals surface area contributed by atoms with Crippen LogP contribution in [0.25, 0.3) is 16.8 Å². The van der Waals surface area contributed by atoms with Gasteiger partial charge in [0.15, 0.2) is 4.32 Å². The molecule has 1 saturated heterocycles. The summed E-state index contributed by atoms with van der Waals surface area (Å²) in [6, 6.07) is 21.6. The minimum absolute atomic E-state index is 0.145. The third-order valence-electron chi connectivity index (χ3n) is 5.67. The molecule has 1 heterocycles. The average molecular weight is 553 g/mol. The van der Waals surface area contributed by atoms with Crippen molar-refractivity contribution in [2.45, 2.75) is 6.18 Å². The van der Waals surface area contributed by atoms with Crippen molar-refractivity contribution in [3.05, 3.63) is 111 Å². The van der Waals surface area contributed by atoms with Gasteiger partial charge in [0.1, 0.15) is 5.75 Å². The molecule has 38 heavy (non-hydrogen) atoms. The van der Waals surface area contributed by atoms with Crippen LogP contribution < -0.4 is 9.64 Å². The Labute approximate surface area is 223 Å². The highest BCUT2D eigenvalue weighted by Gasteiger charge is 2.35. The second kappa shape index (κ2) is 9.92. The number of anilines is 1. The third-order valence-corrected chi connectivity index (χ3v) is 6.97. The summed E-state index contributed by atoms with van der Waals surface area (Å²) in [7, 11) is 0. The van der Waals surface area contributed by atoms with Gasteiger partial charge in [-0.25, -0.2) is 0 Å². The van der Waals surface area contributed by atoms with Gasteiger partial charge < -0.3 is 4.74 Å². The van der Waals surface area contributed by atoms with Gasteiger partial charge in [0, 0.05) is 11.5 Å². The van der Waals surface area contributed by atoms with Crippen LogP contribution in [0.5, 0.6) is 11.5 Å². The number of hydrogen-bond acceptors (Lipinski definition) is 6. The van der Waals surface area contributed by atoms with Crippen molar-refractivity contribution in [2.24, 2.45) is 0 Å². The third kappa shape index (κ3) is 4.98. The minimum Gasteiger partial charge on any atom is -0.450 e. The Bertz CT molecular complexity index is 1650. The van der Waals surface area contributed by atoms with Gasteiger partial charge in [0.05, 0.1) is 21.1 Å². The molecule has 0 atom stereocenters. The number of carbonyl (C=O) groups excluding carboxylic acids is 1. The molecule has 1 aliphatic heterocycles. The highest BCUT2D eigenvalue weighted by Crippen LogP contribution is 2.40. The van der Waals surface area contributed by atoms with Crippen LogP contribution in [0.15, 0.2) is 89.8 Å². The van der Waals surface area contributed by atoms with Crippen molar-refractivity contribution in [2.75, 3.05) is 4.90 Å². The summed E-state index contributed by atoms with van der Waals surface area (Å²) < 4.78 is 44.9. The summed E-state index contributed by atoms with van der Waals surface area (Å²) in [4.78, 5) is 25.6. The van der Waals surface area contributed by atoms with Crippen LogP contribution >= 0.6 is 24.0 Å². The molecule has 5 rings (SSSR count). The van der Waals surface area contributed by atoms with E-state index in [0.29, 0.717) is 32.6 Å². The smallest absolute Gasteiger partial charge is 0.416 e. The molecule has 1 amide bonds. The molecule has 4 aromatic carbocycles. The maximum absolute atomic E-state index is 13.3. The molecule has 0 aliphatic carbocycles. The topological polar surface area (TPSA) is 72.7 Å². The number of rotatable bonds is 5. The first kappa shape index (κ1) is 25.4. The second-order valence-corrected chi connectivity index (χ2v) is 9.80. The van der Waals surface area contributed by atoms with Gasteiger partial charge in [-0.3, -0.25) is 19.8 Å².